The summed E-state index contributed by atoms with van der Waals surface area (Å²) in [6.45, 7) is 4.27. The van der Waals surface area contributed by atoms with Gasteiger partial charge in [0.2, 0.25) is 0 Å². The molecule has 1 spiro atoms. The molecule has 0 radical (unpaired) electrons. The van der Waals surface area contributed by atoms with Crippen molar-refractivity contribution in [3.8, 4) is 0 Å². The summed E-state index contributed by atoms with van der Waals surface area (Å²) in [5.41, 5.74) is 2.76. The third kappa shape index (κ3) is 3.21. The Balaban J connectivity index is 1.79. The number of aliphatic imine (C=N–C) groups is 1. The van der Waals surface area contributed by atoms with Crippen LogP contribution in [-0.2, 0) is 5.54 Å². The van der Waals surface area contributed by atoms with E-state index in [1.54, 1.807) is 0 Å². The Morgan fingerprint density at radius 3 is 2.38 bits per heavy atom. The van der Waals surface area contributed by atoms with Gasteiger partial charge in [0.05, 0.1) is 22.5 Å². The van der Waals surface area contributed by atoms with Crippen molar-refractivity contribution in [2.75, 3.05) is 22.1 Å². The second-order valence-electron chi connectivity index (χ2n) is 7.49. The Morgan fingerprint density at radius 2 is 1.65 bits per heavy atom. The van der Waals surface area contributed by atoms with E-state index in [1.807, 2.05) is 30.0 Å². The zero-order chi connectivity index (χ0) is 18.2. The van der Waals surface area contributed by atoms with Crippen molar-refractivity contribution in [2.45, 2.75) is 37.8 Å². The summed E-state index contributed by atoms with van der Waals surface area (Å²) in [6.07, 6.45) is 2.13. The molecule has 0 aromatic heterocycles. The molecule has 2 heterocycles. The molecule has 0 bridgehead atoms. The molecule has 0 unspecified atom stereocenters. The first kappa shape index (κ1) is 17.7. The number of amidine groups is 1. The molecule has 1 fully saturated rings. The number of nitrogens with one attached hydrogen (secondary N) is 2. The fraction of sp³-hybridized carbons (Fsp3) is 0.381. The summed E-state index contributed by atoms with van der Waals surface area (Å²) in [7, 11) is 0. The number of rotatable bonds is 2. The Morgan fingerprint density at radius 1 is 1.00 bits per heavy atom. The van der Waals surface area contributed by atoms with Crippen molar-refractivity contribution in [3.63, 3.8) is 0 Å². The third-order valence-electron chi connectivity index (χ3n) is 5.28. The smallest absolute Gasteiger partial charge is 0.128 e. The molecular formula is C21H24ClN3S. The van der Waals surface area contributed by atoms with E-state index in [9.17, 15) is 0 Å². The minimum absolute atomic E-state index is 0.127. The first-order chi connectivity index (χ1) is 12.5. The molecule has 4 rings (SSSR count). The number of fused-ring (bicyclic) bond motifs is 1. The van der Waals surface area contributed by atoms with Gasteiger partial charge in [0.1, 0.15) is 5.84 Å². The van der Waals surface area contributed by atoms with Crippen molar-refractivity contribution in [3.05, 3.63) is 59.1 Å². The molecule has 5 heteroatoms. The Kier molecular flexibility index (Phi) is 4.66. The lowest BCUT2D eigenvalue weighted by molar-refractivity contribution is 0.519. The quantitative estimate of drug-likeness (QED) is 0.688. The van der Waals surface area contributed by atoms with E-state index in [4.69, 9.17) is 16.6 Å². The van der Waals surface area contributed by atoms with Crippen LogP contribution in [0.15, 0.2) is 53.5 Å². The molecule has 2 aromatic rings. The maximum Gasteiger partial charge on any atom is 0.128 e. The average molecular weight is 386 g/mol. The van der Waals surface area contributed by atoms with Crippen LogP contribution in [0.4, 0.5) is 11.4 Å². The monoisotopic (exact) mass is 385 g/mol. The standard InChI is InChI=1S/C21H24ClN3S/c1-20(2,15-7-3-4-8-16(15)22)25-19-21(11-13-26-14-12-21)24-18-10-6-5-9-17(18)23-19/h3-10,24H,11-14H2,1-2H3,(H,23,25). The highest BCUT2D eigenvalue weighted by Crippen LogP contribution is 2.40. The third-order valence-corrected chi connectivity index (χ3v) is 6.59. The molecule has 2 aromatic carbocycles. The molecule has 2 aliphatic heterocycles. The fourth-order valence-corrected chi connectivity index (χ4v) is 5.34. The minimum atomic E-state index is -0.410. The van der Waals surface area contributed by atoms with E-state index < -0.39 is 5.54 Å². The number of benzene rings is 2. The van der Waals surface area contributed by atoms with E-state index in [-0.39, 0.29) is 5.54 Å². The zero-order valence-corrected chi connectivity index (χ0v) is 16.8. The highest BCUT2D eigenvalue weighted by atomic mass is 35.5. The summed E-state index contributed by atoms with van der Waals surface area (Å²) in [4.78, 5) is 5.22. The van der Waals surface area contributed by atoms with E-state index in [0.29, 0.717) is 0 Å². The van der Waals surface area contributed by atoms with Gasteiger partial charge in [-0.25, -0.2) is 0 Å². The van der Waals surface area contributed by atoms with Crippen molar-refractivity contribution < 1.29 is 0 Å². The number of para-hydroxylation sites is 2. The number of halogens is 1. The largest absolute Gasteiger partial charge is 0.371 e. The van der Waals surface area contributed by atoms with Crippen molar-refractivity contribution in [2.24, 2.45) is 4.99 Å². The van der Waals surface area contributed by atoms with Crippen molar-refractivity contribution in [1.82, 2.24) is 0 Å². The van der Waals surface area contributed by atoms with Gasteiger partial charge in [0, 0.05) is 5.02 Å². The lowest BCUT2D eigenvalue weighted by Gasteiger charge is -2.44. The van der Waals surface area contributed by atoms with Crippen LogP contribution in [-0.4, -0.2) is 22.9 Å². The van der Waals surface area contributed by atoms with Gasteiger partial charge in [-0.2, -0.15) is 11.8 Å². The highest BCUT2D eigenvalue weighted by Gasteiger charge is 2.42. The van der Waals surface area contributed by atoms with Gasteiger partial charge >= 0.3 is 0 Å². The Labute approximate surface area is 164 Å². The molecule has 3 nitrogen and oxygen atoms in total. The second-order valence-corrected chi connectivity index (χ2v) is 9.12. The van der Waals surface area contributed by atoms with E-state index in [2.05, 4.69) is 54.8 Å². The van der Waals surface area contributed by atoms with Gasteiger partial charge < -0.3 is 10.6 Å². The van der Waals surface area contributed by atoms with Crippen LogP contribution in [0.2, 0.25) is 5.02 Å². The topological polar surface area (TPSA) is 36.4 Å². The van der Waals surface area contributed by atoms with Crippen LogP contribution in [0.1, 0.15) is 32.3 Å². The minimum Gasteiger partial charge on any atom is -0.371 e. The first-order valence-corrected chi connectivity index (χ1v) is 10.6. The molecular weight excluding hydrogens is 362 g/mol. The Bertz CT molecular complexity index is 841. The number of nitrogens with zero attached hydrogens (tertiary/aromatic N) is 1. The molecule has 2 aliphatic rings. The van der Waals surface area contributed by atoms with Crippen LogP contribution >= 0.6 is 23.4 Å². The van der Waals surface area contributed by atoms with Crippen LogP contribution in [0.3, 0.4) is 0 Å². The highest BCUT2D eigenvalue weighted by molar-refractivity contribution is 7.99. The van der Waals surface area contributed by atoms with E-state index in [1.165, 1.54) is 0 Å². The fourth-order valence-electron chi connectivity index (χ4n) is 3.78. The summed E-state index contributed by atoms with van der Waals surface area (Å²) in [5, 5.41) is 8.21. The average Bonchev–Trinajstić information content (AvgIpc) is 2.63. The maximum absolute atomic E-state index is 6.48. The van der Waals surface area contributed by atoms with E-state index >= 15 is 0 Å². The molecule has 0 aliphatic carbocycles. The molecule has 0 atom stereocenters. The van der Waals surface area contributed by atoms with Crippen LogP contribution in [0.5, 0.6) is 0 Å². The summed E-state index contributed by atoms with van der Waals surface area (Å²) in [6, 6.07) is 16.4. The predicted molar refractivity (Wildman–Crippen MR) is 115 cm³/mol. The summed E-state index contributed by atoms with van der Waals surface area (Å²) in [5.74, 6) is 3.31. The number of thioether (sulfide) groups is 1. The normalized spacial score (nSPS) is 20.3. The Hall–Kier alpha value is -1.65. The lowest BCUT2D eigenvalue weighted by atomic mass is 9.86. The molecule has 1 saturated heterocycles. The van der Waals surface area contributed by atoms with Gasteiger partial charge in [-0.05, 0) is 62.0 Å². The van der Waals surface area contributed by atoms with Crippen LogP contribution in [0.25, 0.3) is 0 Å². The summed E-state index contributed by atoms with van der Waals surface area (Å²) < 4.78 is 0. The van der Waals surface area contributed by atoms with Gasteiger partial charge in [-0.3, -0.25) is 4.99 Å². The first-order valence-electron chi connectivity index (χ1n) is 9.08. The SMILES string of the molecule is CC(C)(N=C1Nc2ccccc2NC12CCSCC2)c1ccccc1Cl. The predicted octanol–water partition coefficient (Wildman–Crippen LogP) is 5.78. The number of anilines is 2. The van der Waals surface area contributed by atoms with Crippen molar-refractivity contribution >= 4 is 40.6 Å². The molecule has 0 amide bonds. The van der Waals surface area contributed by atoms with E-state index in [0.717, 1.165) is 52.1 Å². The molecule has 0 saturated carbocycles. The lowest BCUT2D eigenvalue weighted by Crippen LogP contribution is -2.55. The molecule has 2 N–H and O–H groups in total. The van der Waals surface area contributed by atoms with Gasteiger partial charge in [-0.1, -0.05) is 41.9 Å². The van der Waals surface area contributed by atoms with Gasteiger partial charge in [0.15, 0.2) is 0 Å². The zero-order valence-electron chi connectivity index (χ0n) is 15.2. The maximum atomic E-state index is 6.48. The number of hydrogen-bond acceptors (Lipinski definition) is 3. The van der Waals surface area contributed by atoms with Crippen LogP contribution < -0.4 is 10.6 Å². The van der Waals surface area contributed by atoms with Gasteiger partial charge in [0.25, 0.3) is 0 Å². The van der Waals surface area contributed by atoms with Crippen molar-refractivity contribution in [1.29, 1.82) is 0 Å². The molecule has 26 heavy (non-hydrogen) atoms. The number of hydrogen-bond donors (Lipinski definition) is 2. The summed E-state index contributed by atoms with van der Waals surface area (Å²) >= 11 is 8.49. The second kappa shape index (κ2) is 6.82. The van der Waals surface area contributed by atoms with Crippen LogP contribution in [0, 0.1) is 0 Å². The molecule has 136 valence electrons. The van der Waals surface area contributed by atoms with Gasteiger partial charge in [-0.15, -0.1) is 0 Å².